The molecule has 1 aliphatic rings. The van der Waals surface area contributed by atoms with Crippen molar-refractivity contribution in [3.63, 3.8) is 0 Å². The van der Waals surface area contributed by atoms with Gasteiger partial charge in [0.25, 0.3) is 5.56 Å². The van der Waals surface area contributed by atoms with Gasteiger partial charge in [-0.1, -0.05) is 5.92 Å². The molecule has 0 amide bonds. The molecule has 19 heavy (non-hydrogen) atoms. The molecule has 1 aliphatic heterocycles. The number of rotatable bonds is 2. The minimum atomic E-state index is -1.69. The summed E-state index contributed by atoms with van der Waals surface area (Å²) in [7, 11) is 0. The molecule has 0 bridgehead atoms. The Balaban J connectivity index is 2.52. The molecule has 5 N–H and O–H groups in total. The van der Waals surface area contributed by atoms with E-state index in [1.807, 2.05) is 4.98 Å². The van der Waals surface area contributed by atoms with E-state index in [4.69, 9.17) is 22.0 Å². The van der Waals surface area contributed by atoms with Crippen LogP contribution in [0.1, 0.15) is 6.23 Å². The van der Waals surface area contributed by atoms with Crippen molar-refractivity contribution in [2.24, 2.45) is 5.73 Å². The Morgan fingerprint density at radius 1 is 1.63 bits per heavy atom. The number of aromatic amines is 1. The van der Waals surface area contributed by atoms with Crippen molar-refractivity contribution in [2.75, 3.05) is 6.61 Å². The van der Waals surface area contributed by atoms with Gasteiger partial charge in [-0.05, 0) is 0 Å². The predicted octanol–water partition coefficient (Wildman–Crippen LogP) is -2.88. The van der Waals surface area contributed by atoms with Crippen LogP contribution < -0.4 is 17.0 Å². The maximum absolute atomic E-state index is 11.7. The molecule has 0 spiro atoms. The molecule has 4 atom stereocenters. The van der Waals surface area contributed by atoms with Crippen LogP contribution in [0.3, 0.4) is 0 Å². The van der Waals surface area contributed by atoms with Gasteiger partial charge < -0.3 is 20.7 Å². The third kappa shape index (κ3) is 1.98. The molecule has 2 rings (SSSR count). The van der Waals surface area contributed by atoms with Gasteiger partial charge in [0, 0.05) is 12.3 Å². The Hall–Kier alpha value is -1.92. The molecule has 0 radical (unpaired) electrons. The van der Waals surface area contributed by atoms with Crippen molar-refractivity contribution in [2.45, 2.75) is 24.0 Å². The van der Waals surface area contributed by atoms with Crippen LogP contribution in [0.15, 0.2) is 21.9 Å². The van der Waals surface area contributed by atoms with E-state index in [2.05, 4.69) is 5.92 Å². The third-order valence-corrected chi connectivity index (χ3v) is 3.09. The normalized spacial score (nSPS) is 34.1. The van der Waals surface area contributed by atoms with Gasteiger partial charge in [0.15, 0.2) is 11.8 Å². The van der Waals surface area contributed by atoms with Gasteiger partial charge in [0.2, 0.25) is 0 Å². The molecular formula is C11H13N3O5. The van der Waals surface area contributed by atoms with Gasteiger partial charge in [0.1, 0.15) is 12.2 Å². The number of nitrogens with two attached hydrogens (primary N) is 1. The Morgan fingerprint density at radius 3 is 2.84 bits per heavy atom. The van der Waals surface area contributed by atoms with Crippen LogP contribution in [-0.2, 0) is 4.74 Å². The van der Waals surface area contributed by atoms with Crippen LogP contribution in [0.5, 0.6) is 0 Å². The van der Waals surface area contributed by atoms with Gasteiger partial charge in [-0.3, -0.25) is 14.3 Å². The highest BCUT2D eigenvalue weighted by atomic mass is 16.5. The molecule has 2 heterocycles. The average molecular weight is 267 g/mol. The summed E-state index contributed by atoms with van der Waals surface area (Å²) in [6.45, 7) is -0.504. The highest BCUT2D eigenvalue weighted by Gasteiger charge is 2.54. The van der Waals surface area contributed by atoms with Gasteiger partial charge in [0.05, 0.1) is 6.61 Å². The second kappa shape index (κ2) is 4.64. The molecule has 1 fully saturated rings. The number of nitrogens with one attached hydrogen (secondary N) is 1. The van der Waals surface area contributed by atoms with E-state index in [1.165, 1.54) is 0 Å². The average Bonchev–Trinajstić information content (AvgIpc) is 2.63. The zero-order valence-corrected chi connectivity index (χ0v) is 9.81. The molecule has 1 saturated heterocycles. The lowest BCUT2D eigenvalue weighted by Crippen LogP contribution is -2.55. The zero-order chi connectivity index (χ0) is 14.2. The van der Waals surface area contributed by atoms with Gasteiger partial charge in [-0.25, -0.2) is 4.79 Å². The fourth-order valence-corrected chi connectivity index (χ4v) is 2.01. The van der Waals surface area contributed by atoms with Crippen molar-refractivity contribution < 1.29 is 14.9 Å². The van der Waals surface area contributed by atoms with Crippen molar-refractivity contribution in [1.29, 1.82) is 0 Å². The summed E-state index contributed by atoms with van der Waals surface area (Å²) in [5.74, 6) is 2.18. The van der Waals surface area contributed by atoms with Gasteiger partial charge >= 0.3 is 5.69 Å². The standard InChI is InChI=1S/C11H13N3O5/c1-2-11(12)8(17)6(5-15)19-9(11)14-4-3-7(16)13-10(14)18/h1,3-4,6,8-9,15,17H,5,12H2,(H,13,16,18)/t6-,8?,9+,11-/m1/s1. The van der Waals surface area contributed by atoms with Crippen LogP contribution in [0, 0.1) is 12.3 Å². The summed E-state index contributed by atoms with van der Waals surface area (Å²) in [4.78, 5) is 24.7. The van der Waals surface area contributed by atoms with Crippen molar-refractivity contribution >= 4 is 0 Å². The first kappa shape index (κ1) is 13.5. The highest BCUT2D eigenvalue weighted by Crippen LogP contribution is 2.35. The second-order valence-electron chi connectivity index (χ2n) is 4.25. The maximum atomic E-state index is 11.7. The number of hydrogen-bond acceptors (Lipinski definition) is 6. The van der Waals surface area contributed by atoms with Crippen molar-refractivity contribution in [3.8, 4) is 12.3 Å². The Bertz CT molecular complexity index is 630. The van der Waals surface area contributed by atoms with Crippen LogP contribution in [0.4, 0.5) is 0 Å². The van der Waals surface area contributed by atoms with Crippen LogP contribution in [-0.4, -0.2) is 44.1 Å². The van der Waals surface area contributed by atoms with E-state index in [1.54, 1.807) is 0 Å². The number of hydrogen-bond donors (Lipinski definition) is 4. The van der Waals surface area contributed by atoms with E-state index in [0.717, 1.165) is 16.8 Å². The monoisotopic (exact) mass is 267 g/mol. The first-order valence-electron chi connectivity index (χ1n) is 5.46. The maximum Gasteiger partial charge on any atom is 0.330 e. The van der Waals surface area contributed by atoms with Crippen molar-refractivity contribution in [1.82, 2.24) is 9.55 Å². The molecule has 8 nitrogen and oxygen atoms in total. The van der Waals surface area contributed by atoms with E-state index in [-0.39, 0.29) is 0 Å². The smallest absolute Gasteiger partial charge is 0.330 e. The summed E-state index contributed by atoms with van der Waals surface area (Å²) < 4.78 is 6.28. The molecule has 1 aromatic rings. The molecule has 0 saturated carbocycles. The number of aromatic nitrogens is 2. The summed E-state index contributed by atoms with van der Waals surface area (Å²) in [6, 6.07) is 1.10. The Kier molecular flexibility index (Phi) is 3.30. The Morgan fingerprint density at radius 2 is 2.32 bits per heavy atom. The topological polar surface area (TPSA) is 131 Å². The predicted molar refractivity (Wildman–Crippen MR) is 64.1 cm³/mol. The summed E-state index contributed by atoms with van der Waals surface area (Å²) in [5.41, 5.74) is 2.84. The summed E-state index contributed by atoms with van der Waals surface area (Å²) in [6.07, 6.45) is 2.93. The van der Waals surface area contributed by atoms with Crippen LogP contribution in [0.2, 0.25) is 0 Å². The van der Waals surface area contributed by atoms with E-state index < -0.39 is 41.8 Å². The fraction of sp³-hybridized carbons (Fsp3) is 0.455. The minimum absolute atomic E-state index is 0.504. The molecule has 0 aromatic carbocycles. The third-order valence-electron chi connectivity index (χ3n) is 3.09. The fourth-order valence-electron chi connectivity index (χ4n) is 2.01. The molecule has 8 heteroatoms. The Labute approximate surface area is 107 Å². The number of ether oxygens (including phenoxy) is 1. The lowest BCUT2D eigenvalue weighted by Gasteiger charge is -2.27. The molecule has 1 aromatic heterocycles. The van der Waals surface area contributed by atoms with E-state index >= 15 is 0 Å². The zero-order valence-electron chi connectivity index (χ0n) is 9.81. The lowest BCUT2D eigenvalue weighted by molar-refractivity contribution is -0.0477. The van der Waals surface area contributed by atoms with Crippen molar-refractivity contribution in [3.05, 3.63) is 33.1 Å². The largest absolute Gasteiger partial charge is 0.394 e. The SMILES string of the molecule is C#C[C@@]1(N)C(O)[C@@H](CO)O[C@@H]1n1ccc(=O)[nH]c1=O. The minimum Gasteiger partial charge on any atom is -0.394 e. The summed E-state index contributed by atoms with van der Waals surface area (Å²) in [5, 5.41) is 19.0. The van der Waals surface area contributed by atoms with Gasteiger partial charge in [-0.2, -0.15) is 0 Å². The molecular weight excluding hydrogens is 254 g/mol. The van der Waals surface area contributed by atoms with Crippen LogP contribution >= 0.6 is 0 Å². The number of nitrogens with zero attached hydrogens (tertiary/aromatic N) is 1. The number of aliphatic hydroxyl groups is 2. The number of H-pyrrole nitrogens is 1. The first-order valence-corrected chi connectivity index (χ1v) is 5.46. The number of aliphatic hydroxyl groups excluding tert-OH is 2. The van der Waals surface area contributed by atoms with E-state index in [9.17, 15) is 14.7 Å². The number of terminal acetylenes is 1. The van der Waals surface area contributed by atoms with Gasteiger partial charge in [-0.15, -0.1) is 6.42 Å². The molecule has 1 unspecified atom stereocenters. The summed E-state index contributed by atoms with van der Waals surface area (Å²) >= 11 is 0. The highest BCUT2D eigenvalue weighted by molar-refractivity contribution is 5.22. The molecule has 0 aliphatic carbocycles. The molecule has 102 valence electrons. The lowest BCUT2D eigenvalue weighted by atomic mass is 9.92. The quantitative estimate of drug-likeness (QED) is 0.426. The van der Waals surface area contributed by atoms with Crippen LogP contribution in [0.25, 0.3) is 0 Å². The second-order valence-corrected chi connectivity index (χ2v) is 4.25. The van der Waals surface area contributed by atoms with E-state index in [0.29, 0.717) is 0 Å². The first-order chi connectivity index (χ1) is 8.93.